The average Bonchev–Trinajstić information content (AvgIpc) is 2.53. The molecule has 1 heterocycles. The highest BCUT2D eigenvalue weighted by molar-refractivity contribution is 7.80. The first-order chi connectivity index (χ1) is 10.2. The van der Waals surface area contributed by atoms with Gasteiger partial charge in [-0.1, -0.05) is 36.5 Å². The molecule has 1 aromatic carbocycles. The minimum Gasteiger partial charge on any atom is -0.493 e. The summed E-state index contributed by atoms with van der Waals surface area (Å²) in [5, 5.41) is 0.505. The summed E-state index contributed by atoms with van der Waals surface area (Å²) in [6, 6.07) is 3.74. The van der Waals surface area contributed by atoms with E-state index in [0.29, 0.717) is 23.1 Å². The Morgan fingerprint density at radius 2 is 2.10 bits per heavy atom. The molecule has 3 nitrogen and oxygen atoms in total. The second-order valence-electron chi connectivity index (χ2n) is 4.94. The van der Waals surface area contributed by atoms with E-state index in [9.17, 15) is 0 Å². The van der Waals surface area contributed by atoms with Gasteiger partial charge in [0, 0.05) is 18.7 Å². The zero-order chi connectivity index (χ0) is 15.2. The summed E-state index contributed by atoms with van der Waals surface area (Å²) in [6.07, 6.45) is 5.32. The molecule has 0 spiro atoms. The van der Waals surface area contributed by atoms with E-state index in [0.717, 1.165) is 23.6 Å². The van der Waals surface area contributed by atoms with Gasteiger partial charge in [-0.05, 0) is 31.4 Å². The standard InChI is InChI=1S/C16H20ClNO2S/c1-3-9-20-15-13(17)10-12(11-14(15)19-2)16(21)18-7-5-4-6-8-18/h3,10-11H,1,4-9H2,2H3. The summed E-state index contributed by atoms with van der Waals surface area (Å²) < 4.78 is 10.9. The zero-order valence-electron chi connectivity index (χ0n) is 12.2. The number of hydrogen-bond donors (Lipinski definition) is 0. The van der Waals surface area contributed by atoms with Crippen molar-refractivity contribution >= 4 is 28.8 Å². The average molecular weight is 326 g/mol. The van der Waals surface area contributed by atoms with E-state index in [1.54, 1.807) is 13.2 Å². The quantitative estimate of drug-likeness (QED) is 0.601. The van der Waals surface area contributed by atoms with Crippen LogP contribution in [0.3, 0.4) is 0 Å². The maximum absolute atomic E-state index is 6.31. The maximum atomic E-state index is 6.31. The van der Waals surface area contributed by atoms with Gasteiger partial charge in [-0.15, -0.1) is 0 Å². The Hall–Kier alpha value is -1.26. The molecule has 0 N–H and O–H groups in total. The third-order valence-corrected chi connectivity index (χ3v) is 4.24. The Morgan fingerprint density at radius 3 is 2.71 bits per heavy atom. The first-order valence-corrected chi connectivity index (χ1v) is 7.86. The summed E-state index contributed by atoms with van der Waals surface area (Å²) in [5.41, 5.74) is 0.903. The Morgan fingerprint density at radius 1 is 1.38 bits per heavy atom. The largest absolute Gasteiger partial charge is 0.493 e. The smallest absolute Gasteiger partial charge is 0.180 e. The van der Waals surface area contributed by atoms with Crippen LogP contribution >= 0.6 is 23.8 Å². The van der Waals surface area contributed by atoms with E-state index >= 15 is 0 Å². The van der Waals surface area contributed by atoms with E-state index in [4.69, 9.17) is 33.3 Å². The van der Waals surface area contributed by atoms with E-state index in [-0.39, 0.29) is 0 Å². The fraction of sp³-hybridized carbons (Fsp3) is 0.438. The molecule has 0 aromatic heterocycles. The summed E-state index contributed by atoms with van der Waals surface area (Å²) >= 11 is 11.9. The highest BCUT2D eigenvalue weighted by Crippen LogP contribution is 2.37. The first kappa shape index (κ1) is 16.1. The lowest BCUT2D eigenvalue weighted by Gasteiger charge is -2.29. The zero-order valence-corrected chi connectivity index (χ0v) is 13.8. The van der Waals surface area contributed by atoms with Gasteiger partial charge in [0.15, 0.2) is 11.5 Å². The Labute approximate surface area is 136 Å². The van der Waals surface area contributed by atoms with Crippen LogP contribution in [-0.4, -0.2) is 36.7 Å². The van der Waals surface area contributed by atoms with Gasteiger partial charge >= 0.3 is 0 Å². The topological polar surface area (TPSA) is 21.7 Å². The second kappa shape index (κ2) is 7.66. The second-order valence-corrected chi connectivity index (χ2v) is 5.74. The first-order valence-electron chi connectivity index (χ1n) is 7.08. The van der Waals surface area contributed by atoms with Crippen molar-refractivity contribution in [3.63, 3.8) is 0 Å². The van der Waals surface area contributed by atoms with Gasteiger partial charge in [0.1, 0.15) is 11.6 Å². The van der Waals surface area contributed by atoms with E-state index in [1.807, 2.05) is 12.1 Å². The molecule has 1 aliphatic heterocycles. The van der Waals surface area contributed by atoms with Crippen molar-refractivity contribution < 1.29 is 9.47 Å². The molecule has 1 aromatic rings. The van der Waals surface area contributed by atoms with Gasteiger partial charge in [-0.25, -0.2) is 0 Å². The number of nitrogens with zero attached hydrogens (tertiary/aromatic N) is 1. The molecule has 1 aliphatic rings. The number of hydrogen-bond acceptors (Lipinski definition) is 3. The predicted octanol–water partition coefficient (Wildman–Crippen LogP) is 4.07. The molecule has 1 fully saturated rings. The highest BCUT2D eigenvalue weighted by atomic mass is 35.5. The number of methoxy groups -OCH3 is 1. The lowest BCUT2D eigenvalue weighted by molar-refractivity contribution is 0.326. The summed E-state index contributed by atoms with van der Waals surface area (Å²) in [5.74, 6) is 1.13. The van der Waals surface area contributed by atoms with E-state index in [1.165, 1.54) is 19.3 Å². The Bertz CT molecular complexity index is 527. The molecule has 0 radical (unpaired) electrons. The van der Waals surface area contributed by atoms with Crippen LogP contribution in [-0.2, 0) is 0 Å². The predicted molar refractivity (Wildman–Crippen MR) is 90.8 cm³/mol. The molecule has 0 bridgehead atoms. The molecule has 1 saturated heterocycles. The van der Waals surface area contributed by atoms with Crippen LogP contribution in [0.2, 0.25) is 5.02 Å². The van der Waals surface area contributed by atoms with Crippen molar-refractivity contribution in [2.45, 2.75) is 19.3 Å². The molecular weight excluding hydrogens is 306 g/mol. The minimum atomic E-state index is 0.381. The van der Waals surface area contributed by atoms with E-state index in [2.05, 4.69) is 11.5 Å². The van der Waals surface area contributed by atoms with E-state index < -0.39 is 0 Å². The maximum Gasteiger partial charge on any atom is 0.180 e. The molecule has 0 amide bonds. The number of piperidine rings is 1. The summed E-state index contributed by atoms with van der Waals surface area (Å²) in [4.78, 5) is 3.05. The number of halogens is 1. The van der Waals surface area contributed by atoms with Crippen molar-refractivity contribution in [2.24, 2.45) is 0 Å². The van der Waals surface area contributed by atoms with Crippen LogP contribution in [0, 0.1) is 0 Å². The normalized spacial score (nSPS) is 14.7. The number of thiocarbonyl (C=S) groups is 1. The molecular formula is C16H20ClNO2S. The van der Waals surface area contributed by atoms with Crippen LogP contribution in [0.5, 0.6) is 11.5 Å². The van der Waals surface area contributed by atoms with Gasteiger partial charge in [-0.3, -0.25) is 0 Å². The summed E-state index contributed by atoms with van der Waals surface area (Å²) in [7, 11) is 1.60. The monoisotopic (exact) mass is 325 g/mol. The Balaban J connectivity index is 2.25. The van der Waals surface area contributed by atoms with Crippen molar-refractivity contribution in [3.05, 3.63) is 35.4 Å². The number of rotatable bonds is 5. The molecule has 0 atom stereocenters. The molecule has 114 valence electrons. The molecule has 0 saturated carbocycles. The lowest BCUT2D eigenvalue weighted by Crippen LogP contribution is -2.34. The molecule has 21 heavy (non-hydrogen) atoms. The fourth-order valence-electron chi connectivity index (χ4n) is 2.41. The number of ether oxygens (including phenoxy) is 2. The van der Waals surface area contributed by atoms with Crippen molar-refractivity contribution in [3.8, 4) is 11.5 Å². The SMILES string of the molecule is C=CCOc1c(Cl)cc(C(=S)N2CCCCC2)cc1OC. The Kier molecular flexibility index (Phi) is 5.88. The molecule has 0 unspecified atom stereocenters. The van der Waals surface area contributed by atoms with Crippen LogP contribution in [0.25, 0.3) is 0 Å². The fourth-order valence-corrected chi connectivity index (χ4v) is 2.97. The van der Waals surface area contributed by atoms with Gasteiger partial charge in [0.05, 0.1) is 12.1 Å². The van der Waals surface area contributed by atoms with Crippen LogP contribution in [0.1, 0.15) is 24.8 Å². The summed E-state index contributed by atoms with van der Waals surface area (Å²) in [6.45, 7) is 6.03. The van der Waals surface area contributed by atoms with Gasteiger partial charge in [0.2, 0.25) is 0 Å². The third-order valence-electron chi connectivity index (χ3n) is 3.47. The highest BCUT2D eigenvalue weighted by Gasteiger charge is 2.18. The van der Waals surface area contributed by atoms with Crippen molar-refractivity contribution in [1.29, 1.82) is 0 Å². The van der Waals surface area contributed by atoms with Crippen molar-refractivity contribution in [1.82, 2.24) is 4.90 Å². The lowest BCUT2D eigenvalue weighted by atomic mass is 10.1. The van der Waals surface area contributed by atoms with Gasteiger partial charge in [0.25, 0.3) is 0 Å². The third kappa shape index (κ3) is 3.89. The van der Waals surface area contributed by atoms with Crippen LogP contribution in [0.4, 0.5) is 0 Å². The molecule has 0 aliphatic carbocycles. The number of likely N-dealkylation sites (tertiary alicyclic amines) is 1. The molecule has 5 heteroatoms. The van der Waals surface area contributed by atoms with Crippen LogP contribution in [0.15, 0.2) is 24.8 Å². The molecule has 2 rings (SSSR count). The minimum absolute atomic E-state index is 0.381. The van der Waals surface area contributed by atoms with Crippen LogP contribution < -0.4 is 9.47 Å². The number of benzene rings is 1. The van der Waals surface area contributed by atoms with Gasteiger partial charge < -0.3 is 14.4 Å². The van der Waals surface area contributed by atoms with Gasteiger partial charge in [-0.2, -0.15) is 0 Å². The van der Waals surface area contributed by atoms with Crippen molar-refractivity contribution in [2.75, 3.05) is 26.8 Å².